The number of hydrogen-bond acceptors (Lipinski definition) is 4. The van der Waals surface area contributed by atoms with E-state index in [1.54, 1.807) is 6.20 Å². The average molecular weight is 310 g/mol. The van der Waals surface area contributed by atoms with Crippen LogP contribution in [0.25, 0.3) is 0 Å². The lowest BCUT2D eigenvalue weighted by Crippen LogP contribution is -2.50. The second-order valence-corrected chi connectivity index (χ2v) is 7.10. The molecule has 2 saturated heterocycles. The van der Waals surface area contributed by atoms with Crippen LogP contribution in [0.5, 0.6) is 0 Å². The molecule has 1 aromatic rings. The number of halogens is 1. The minimum atomic E-state index is -0.448. The van der Waals surface area contributed by atoms with Crippen LogP contribution in [0.3, 0.4) is 0 Å². The molecule has 2 fully saturated rings. The molecule has 3 heterocycles. The van der Waals surface area contributed by atoms with Crippen molar-refractivity contribution in [1.29, 1.82) is 0 Å². The van der Waals surface area contributed by atoms with Crippen LogP contribution in [-0.2, 0) is 4.74 Å². The fourth-order valence-corrected chi connectivity index (χ4v) is 3.14. The Kier molecular flexibility index (Phi) is 3.48. The Morgan fingerprint density at radius 1 is 1.33 bits per heavy atom. The van der Waals surface area contributed by atoms with Gasteiger partial charge in [0.2, 0.25) is 0 Å². The fourth-order valence-electron chi connectivity index (χ4n) is 3.03. The van der Waals surface area contributed by atoms with Gasteiger partial charge in [-0.15, -0.1) is 0 Å². The molecule has 2 atom stereocenters. The molecule has 2 bridgehead atoms. The molecule has 0 saturated carbocycles. The van der Waals surface area contributed by atoms with Gasteiger partial charge in [0.1, 0.15) is 11.4 Å². The van der Waals surface area contributed by atoms with E-state index in [9.17, 15) is 4.79 Å². The first-order chi connectivity index (χ1) is 9.83. The third kappa shape index (κ3) is 2.93. The molecule has 0 aliphatic carbocycles. The Balaban J connectivity index is 1.66. The summed E-state index contributed by atoms with van der Waals surface area (Å²) in [5.74, 6) is 0.927. The van der Waals surface area contributed by atoms with Crippen molar-refractivity contribution >= 4 is 23.5 Å². The van der Waals surface area contributed by atoms with Crippen molar-refractivity contribution in [2.24, 2.45) is 0 Å². The van der Waals surface area contributed by atoms with E-state index < -0.39 is 5.60 Å². The molecule has 0 N–H and O–H groups in total. The van der Waals surface area contributed by atoms with Crippen LogP contribution in [0.1, 0.15) is 27.2 Å². The molecule has 3 rings (SSSR count). The molecule has 114 valence electrons. The molecular formula is C15H20ClN3O2. The highest BCUT2D eigenvalue weighted by molar-refractivity contribution is 6.30. The zero-order chi connectivity index (χ0) is 15.2. The number of ether oxygens (including phenoxy) is 1. The number of carbonyl (C=O) groups excluding carboxylic acids is 1. The maximum Gasteiger partial charge on any atom is 0.410 e. The second-order valence-electron chi connectivity index (χ2n) is 6.66. The predicted octanol–water partition coefficient (Wildman–Crippen LogP) is 2.93. The van der Waals surface area contributed by atoms with Crippen molar-refractivity contribution in [3.05, 3.63) is 23.4 Å². The number of amides is 1. The van der Waals surface area contributed by atoms with Crippen molar-refractivity contribution in [3.63, 3.8) is 0 Å². The Hall–Kier alpha value is -1.49. The van der Waals surface area contributed by atoms with Gasteiger partial charge in [0.15, 0.2) is 0 Å². The SMILES string of the molecule is CC(C)(C)OC(=O)N1C[C@@H]2C[C@H]1CN2c1ccc(Cl)cn1. The topological polar surface area (TPSA) is 45.7 Å². The largest absolute Gasteiger partial charge is 0.444 e. The predicted molar refractivity (Wildman–Crippen MR) is 81.7 cm³/mol. The summed E-state index contributed by atoms with van der Waals surface area (Å²) in [6.45, 7) is 7.18. The van der Waals surface area contributed by atoms with Crippen molar-refractivity contribution in [2.75, 3.05) is 18.0 Å². The Bertz CT molecular complexity index is 541. The first-order valence-corrected chi connectivity index (χ1v) is 7.59. The maximum atomic E-state index is 12.2. The van der Waals surface area contributed by atoms with Gasteiger partial charge in [0.05, 0.1) is 17.1 Å². The fraction of sp³-hybridized carbons (Fsp3) is 0.600. The minimum absolute atomic E-state index is 0.210. The molecule has 0 unspecified atom stereocenters. The molecule has 0 radical (unpaired) electrons. The van der Waals surface area contributed by atoms with Gasteiger partial charge in [0.25, 0.3) is 0 Å². The third-order valence-corrected chi connectivity index (χ3v) is 4.10. The van der Waals surface area contributed by atoms with Crippen LogP contribution in [0.15, 0.2) is 18.3 Å². The van der Waals surface area contributed by atoms with E-state index in [-0.39, 0.29) is 12.1 Å². The smallest absolute Gasteiger partial charge is 0.410 e. The molecule has 5 nitrogen and oxygen atoms in total. The summed E-state index contributed by atoms with van der Waals surface area (Å²) in [6.07, 6.45) is 2.43. The van der Waals surface area contributed by atoms with E-state index in [1.807, 2.05) is 37.8 Å². The Labute approximate surface area is 129 Å². The molecule has 2 aliphatic rings. The van der Waals surface area contributed by atoms with Crippen LogP contribution in [0.4, 0.5) is 10.6 Å². The molecule has 1 amide bonds. The number of aromatic nitrogens is 1. The van der Waals surface area contributed by atoms with Gasteiger partial charge in [-0.25, -0.2) is 9.78 Å². The van der Waals surface area contributed by atoms with Gasteiger partial charge < -0.3 is 14.5 Å². The van der Waals surface area contributed by atoms with Crippen molar-refractivity contribution in [1.82, 2.24) is 9.88 Å². The summed E-state index contributed by atoms with van der Waals surface area (Å²) in [7, 11) is 0. The summed E-state index contributed by atoms with van der Waals surface area (Å²) in [5.41, 5.74) is -0.448. The zero-order valence-corrected chi connectivity index (χ0v) is 13.3. The van der Waals surface area contributed by atoms with E-state index in [0.717, 1.165) is 18.8 Å². The normalized spacial score (nSPS) is 24.6. The first kappa shape index (κ1) is 14.4. The Morgan fingerprint density at radius 2 is 2.10 bits per heavy atom. The van der Waals surface area contributed by atoms with E-state index >= 15 is 0 Å². The molecule has 6 heteroatoms. The number of fused-ring (bicyclic) bond motifs is 2. The summed E-state index contributed by atoms with van der Waals surface area (Å²) in [5, 5.41) is 0.637. The summed E-state index contributed by atoms with van der Waals surface area (Å²) < 4.78 is 5.47. The van der Waals surface area contributed by atoms with E-state index in [2.05, 4.69) is 9.88 Å². The van der Waals surface area contributed by atoms with Crippen molar-refractivity contribution < 1.29 is 9.53 Å². The number of anilines is 1. The number of pyridine rings is 1. The number of rotatable bonds is 1. The van der Waals surface area contributed by atoms with Gasteiger partial charge in [-0.3, -0.25) is 0 Å². The van der Waals surface area contributed by atoms with Crippen molar-refractivity contribution in [2.45, 2.75) is 44.9 Å². The van der Waals surface area contributed by atoms with Crippen LogP contribution in [0, 0.1) is 0 Å². The highest BCUT2D eigenvalue weighted by Gasteiger charge is 2.46. The maximum absolute atomic E-state index is 12.2. The molecule has 0 spiro atoms. The average Bonchev–Trinajstić information content (AvgIpc) is 2.97. The van der Waals surface area contributed by atoms with E-state index in [1.165, 1.54) is 0 Å². The van der Waals surface area contributed by atoms with Crippen LogP contribution in [-0.4, -0.2) is 46.8 Å². The molecule has 2 aliphatic heterocycles. The molecule has 21 heavy (non-hydrogen) atoms. The molecular weight excluding hydrogens is 290 g/mol. The highest BCUT2D eigenvalue weighted by Crippen LogP contribution is 2.34. The zero-order valence-electron chi connectivity index (χ0n) is 12.5. The van der Waals surface area contributed by atoms with Gasteiger partial charge in [-0.05, 0) is 39.3 Å². The lowest BCUT2D eigenvalue weighted by Gasteiger charge is -2.35. The lowest BCUT2D eigenvalue weighted by atomic mass is 10.2. The van der Waals surface area contributed by atoms with Crippen LogP contribution in [0.2, 0.25) is 5.02 Å². The quantitative estimate of drug-likeness (QED) is 0.800. The summed E-state index contributed by atoms with van der Waals surface area (Å²) in [6, 6.07) is 4.31. The number of likely N-dealkylation sites (tertiary alicyclic amines) is 1. The molecule has 0 aromatic carbocycles. The van der Waals surface area contributed by atoms with Crippen LogP contribution < -0.4 is 4.90 Å². The van der Waals surface area contributed by atoms with E-state index in [4.69, 9.17) is 16.3 Å². The van der Waals surface area contributed by atoms with Gasteiger partial charge in [-0.2, -0.15) is 0 Å². The third-order valence-electron chi connectivity index (χ3n) is 3.87. The van der Waals surface area contributed by atoms with Crippen LogP contribution >= 0.6 is 11.6 Å². The minimum Gasteiger partial charge on any atom is -0.444 e. The first-order valence-electron chi connectivity index (χ1n) is 7.21. The van der Waals surface area contributed by atoms with Crippen molar-refractivity contribution in [3.8, 4) is 0 Å². The van der Waals surface area contributed by atoms with Gasteiger partial charge >= 0.3 is 6.09 Å². The van der Waals surface area contributed by atoms with Gasteiger partial charge in [0, 0.05) is 19.3 Å². The van der Waals surface area contributed by atoms with Gasteiger partial charge in [-0.1, -0.05) is 11.6 Å². The number of carbonyl (C=O) groups is 1. The lowest BCUT2D eigenvalue weighted by molar-refractivity contribution is 0.0214. The molecule has 1 aromatic heterocycles. The van der Waals surface area contributed by atoms with E-state index in [0.29, 0.717) is 17.6 Å². The number of nitrogens with zero attached hydrogens (tertiary/aromatic N) is 3. The number of hydrogen-bond donors (Lipinski definition) is 0. The monoisotopic (exact) mass is 309 g/mol. The summed E-state index contributed by atoms with van der Waals surface area (Å²) >= 11 is 5.87. The second kappa shape index (κ2) is 5.05. The number of piperazine rings is 1. The highest BCUT2D eigenvalue weighted by atomic mass is 35.5. The Morgan fingerprint density at radius 3 is 2.62 bits per heavy atom. The standard InChI is InChI=1S/C15H20ClN3O2/c1-15(2,3)21-14(20)19-9-11-6-12(19)8-18(11)13-5-4-10(16)7-17-13/h4-5,7,11-12H,6,8-9H2,1-3H3/t11-,12-/m0/s1. The summed E-state index contributed by atoms with van der Waals surface area (Å²) in [4.78, 5) is 20.7.